The molecule has 0 spiro atoms. The molecule has 0 aliphatic rings. The van der Waals surface area contributed by atoms with Crippen molar-refractivity contribution in [1.29, 1.82) is 0 Å². The van der Waals surface area contributed by atoms with E-state index in [1.807, 2.05) is 19.1 Å². The number of fused-ring (bicyclic) bond motifs is 1. The van der Waals surface area contributed by atoms with Gasteiger partial charge in [0.1, 0.15) is 5.52 Å². The zero-order valence-corrected chi connectivity index (χ0v) is 9.16. The summed E-state index contributed by atoms with van der Waals surface area (Å²) >= 11 is 1.54. The van der Waals surface area contributed by atoms with Gasteiger partial charge in [-0.1, -0.05) is 18.3 Å². The fourth-order valence-electron chi connectivity index (χ4n) is 1.31. The van der Waals surface area contributed by atoms with E-state index in [0.717, 1.165) is 20.0 Å². The Morgan fingerprint density at radius 3 is 3.13 bits per heavy atom. The van der Waals surface area contributed by atoms with Gasteiger partial charge in [0.2, 0.25) is 6.20 Å². The van der Waals surface area contributed by atoms with Gasteiger partial charge in [-0.05, 0) is 17.9 Å². The zero-order chi connectivity index (χ0) is 10.8. The maximum atomic E-state index is 9.57. The molecule has 2 heterocycles. The first kappa shape index (κ1) is 9.98. The Bertz CT molecular complexity index is 525. The first-order chi connectivity index (χ1) is 7.16. The molecule has 0 saturated carbocycles. The molecule has 2 aromatic rings. The summed E-state index contributed by atoms with van der Waals surface area (Å²) in [5, 5.41) is 9.57. The van der Waals surface area contributed by atoms with Crippen LogP contribution in [0.2, 0.25) is 0 Å². The first-order valence-electron chi connectivity index (χ1n) is 4.50. The van der Waals surface area contributed by atoms with Gasteiger partial charge in [-0.3, -0.25) is 5.21 Å². The number of hydrogen-bond donors (Lipinski definition) is 1. The molecular weight excluding hydrogens is 208 g/mol. The summed E-state index contributed by atoms with van der Waals surface area (Å²) in [5.74, 6) is 0. The van der Waals surface area contributed by atoms with Crippen LogP contribution in [0.4, 0.5) is 0 Å². The highest BCUT2D eigenvalue weighted by atomic mass is 32.2. The van der Waals surface area contributed by atoms with Gasteiger partial charge in [0.05, 0.1) is 0 Å². The first-order valence-corrected chi connectivity index (χ1v) is 5.31. The van der Waals surface area contributed by atoms with Gasteiger partial charge < -0.3 is 0 Å². The number of aromatic nitrogens is 2. The summed E-state index contributed by atoms with van der Waals surface area (Å²) in [5.41, 5.74) is 1.47. The second-order valence-electron chi connectivity index (χ2n) is 3.23. The van der Waals surface area contributed by atoms with E-state index >= 15 is 0 Å². The maximum Gasteiger partial charge on any atom is 0.283 e. The minimum atomic E-state index is 0.698. The Morgan fingerprint density at radius 2 is 2.40 bits per heavy atom. The largest absolute Gasteiger partial charge is 0.284 e. The van der Waals surface area contributed by atoms with Gasteiger partial charge in [-0.15, -0.1) is 0 Å². The number of thioether (sulfide) groups is 1. The minimum absolute atomic E-state index is 0.698. The summed E-state index contributed by atoms with van der Waals surface area (Å²) in [6.45, 7) is 5.76. The monoisotopic (exact) mass is 219 g/mol. The zero-order valence-electron chi connectivity index (χ0n) is 8.34. The van der Waals surface area contributed by atoms with Gasteiger partial charge >= 0.3 is 0 Å². The average Bonchev–Trinajstić information content (AvgIpc) is 2.18. The van der Waals surface area contributed by atoms with E-state index < -0.39 is 0 Å². The quantitative estimate of drug-likeness (QED) is 0.478. The van der Waals surface area contributed by atoms with Crippen LogP contribution in [0.3, 0.4) is 0 Å². The Hall–Kier alpha value is -1.55. The lowest BCUT2D eigenvalue weighted by molar-refractivity contribution is -0.884. The smallest absolute Gasteiger partial charge is 0.283 e. The maximum absolute atomic E-state index is 9.57. The molecule has 2 aromatic heterocycles. The fraction of sp³-hybridized carbons (Fsp3) is 0.0909. The molecule has 0 saturated heterocycles. The third-order valence-corrected chi connectivity index (χ3v) is 2.70. The molecule has 15 heavy (non-hydrogen) atoms. The molecule has 0 unspecified atom stereocenters. The van der Waals surface area contributed by atoms with Crippen LogP contribution in [0.1, 0.15) is 6.92 Å². The van der Waals surface area contributed by atoms with Crippen LogP contribution >= 0.6 is 11.8 Å². The van der Waals surface area contributed by atoms with Crippen molar-refractivity contribution < 1.29 is 9.94 Å². The van der Waals surface area contributed by atoms with E-state index in [1.54, 1.807) is 30.2 Å². The third kappa shape index (κ3) is 2.10. The van der Waals surface area contributed by atoms with Crippen LogP contribution in [0, 0.1) is 0 Å². The molecule has 0 bridgehead atoms. The van der Waals surface area contributed by atoms with E-state index in [4.69, 9.17) is 0 Å². The molecule has 76 valence electrons. The van der Waals surface area contributed by atoms with Gasteiger partial charge in [0.25, 0.3) is 5.52 Å². The number of allylic oxidation sites excluding steroid dienone is 1. The summed E-state index contributed by atoms with van der Waals surface area (Å²) in [4.78, 5) is 6.23. The van der Waals surface area contributed by atoms with Crippen LogP contribution in [0.25, 0.3) is 11.0 Å². The number of hydrogen-bond acceptors (Lipinski definition) is 3. The van der Waals surface area contributed by atoms with E-state index in [-0.39, 0.29) is 0 Å². The van der Waals surface area contributed by atoms with Gasteiger partial charge in [-0.25, -0.2) is 4.98 Å². The highest BCUT2D eigenvalue weighted by molar-refractivity contribution is 8.03. The van der Waals surface area contributed by atoms with Crippen molar-refractivity contribution in [3.63, 3.8) is 0 Å². The average molecular weight is 219 g/mol. The lowest BCUT2D eigenvalue weighted by Crippen LogP contribution is -2.29. The molecule has 0 radical (unpaired) electrons. The molecule has 1 N–H and O–H groups in total. The van der Waals surface area contributed by atoms with Crippen LogP contribution in [0.15, 0.2) is 47.0 Å². The molecule has 0 aliphatic carbocycles. The molecule has 3 nitrogen and oxygen atoms in total. The lowest BCUT2D eigenvalue weighted by atomic mass is 10.3. The van der Waals surface area contributed by atoms with Crippen LogP contribution < -0.4 is 4.73 Å². The fourth-order valence-corrected chi connectivity index (χ4v) is 1.99. The van der Waals surface area contributed by atoms with Crippen molar-refractivity contribution in [3.8, 4) is 0 Å². The van der Waals surface area contributed by atoms with Gasteiger partial charge in [0.15, 0.2) is 0 Å². The topological polar surface area (TPSA) is 37.0 Å². The van der Waals surface area contributed by atoms with E-state index in [9.17, 15) is 5.21 Å². The number of pyridine rings is 2. The molecule has 2 rings (SSSR count). The van der Waals surface area contributed by atoms with E-state index in [0.29, 0.717) is 5.52 Å². The number of rotatable bonds is 2. The molecule has 4 heteroatoms. The summed E-state index contributed by atoms with van der Waals surface area (Å²) in [7, 11) is 0. The molecule has 0 amide bonds. The highest BCUT2D eigenvalue weighted by Crippen LogP contribution is 2.25. The molecule has 0 fully saturated rings. The van der Waals surface area contributed by atoms with E-state index in [1.165, 1.54) is 0 Å². The third-order valence-electron chi connectivity index (χ3n) is 1.89. The Labute approximate surface area is 92.0 Å². The van der Waals surface area contributed by atoms with Crippen molar-refractivity contribution in [2.45, 2.75) is 11.8 Å². The molecular formula is C11H11N2OS+. The van der Waals surface area contributed by atoms with Crippen LogP contribution in [-0.2, 0) is 0 Å². The van der Waals surface area contributed by atoms with Crippen molar-refractivity contribution in [1.82, 2.24) is 4.98 Å². The second kappa shape index (κ2) is 3.90. The SMILES string of the molecule is C=C(C)Sc1cnc2ccc[n+](O)c2c1. The van der Waals surface area contributed by atoms with Crippen LogP contribution in [0.5, 0.6) is 0 Å². The van der Waals surface area contributed by atoms with Gasteiger partial charge in [0, 0.05) is 28.0 Å². The summed E-state index contributed by atoms with van der Waals surface area (Å²) in [6, 6.07) is 5.50. The Kier molecular flexibility index (Phi) is 2.60. The Morgan fingerprint density at radius 1 is 1.60 bits per heavy atom. The normalized spacial score (nSPS) is 10.5. The van der Waals surface area contributed by atoms with Crippen molar-refractivity contribution in [3.05, 3.63) is 42.1 Å². The minimum Gasteiger partial charge on any atom is -0.284 e. The molecule has 0 aliphatic heterocycles. The molecule has 0 atom stereocenters. The predicted octanol–water partition coefficient (Wildman–Crippen LogP) is 2.39. The predicted molar refractivity (Wildman–Crippen MR) is 59.8 cm³/mol. The van der Waals surface area contributed by atoms with Crippen molar-refractivity contribution in [2.24, 2.45) is 0 Å². The molecule has 0 aromatic carbocycles. The lowest BCUT2D eigenvalue weighted by Gasteiger charge is -1.99. The van der Waals surface area contributed by atoms with Crippen LogP contribution in [-0.4, -0.2) is 10.2 Å². The van der Waals surface area contributed by atoms with Crippen molar-refractivity contribution >= 4 is 22.8 Å². The van der Waals surface area contributed by atoms with Crippen molar-refractivity contribution in [2.75, 3.05) is 0 Å². The summed E-state index contributed by atoms with van der Waals surface area (Å²) in [6.07, 6.45) is 3.36. The number of nitrogens with zero attached hydrogens (tertiary/aromatic N) is 2. The second-order valence-corrected chi connectivity index (χ2v) is 4.60. The Balaban J connectivity index is 2.54. The van der Waals surface area contributed by atoms with E-state index in [2.05, 4.69) is 11.6 Å². The highest BCUT2D eigenvalue weighted by Gasteiger charge is 2.09. The summed E-state index contributed by atoms with van der Waals surface area (Å²) < 4.78 is 1.07. The standard InChI is InChI=1S/C11H11N2OS/c1-8(2)15-9-6-11-10(12-7-9)4-3-5-13(11)14/h3-7,14H,1H2,2H3/q+1. The van der Waals surface area contributed by atoms with Gasteiger partial charge in [-0.2, -0.15) is 0 Å².